The van der Waals surface area contributed by atoms with Crippen molar-refractivity contribution in [1.82, 2.24) is 0 Å². The Hall–Kier alpha value is -0.860. The van der Waals surface area contributed by atoms with Gasteiger partial charge in [0.05, 0.1) is 10.0 Å². The SMILES string of the molecule is O=C1CCCC(C(=O)c2cccc(Cl)c2Cl)C1. The number of benzene rings is 1. The van der Waals surface area contributed by atoms with Crippen molar-refractivity contribution in [3.05, 3.63) is 33.8 Å². The summed E-state index contributed by atoms with van der Waals surface area (Å²) < 4.78 is 0. The molecule has 0 heterocycles. The number of carbonyl (C=O) groups is 2. The van der Waals surface area contributed by atoms with Gasteiger partial charge >= 0.3 is 0 Å². The number of halogens is 2. The Morgan fingerprint density at radius 3 is 2.76 bits per heavy atom. The van der Waals surface area contributed by atoms with Crippen LogP contribution >= 0.6 is 23.2 Å². The monoisotopic (exact) mass is 270 g/mol. The molecular formula is C13H12Cl2O2. The fourth-order valence-corrected chi connectivity index (χ4v) is 2.56. The summed E-state index contributed by atoms with van der Waals surface area (Å²) in [5.41, 5.74) is 0.430. The lowest BCUT2D eigenvalue weighted by Crippen LogP contribution is -2.23. The normalized spacial score (nSPS) is 20.4. The molecule has 0 aromatic heterocycles. The minimum atomic E-state index is -0.229. The molecule has 17 heavy (non-hydrogen) atoms. The summed E-state index contributed by atoms with van der Waals surface area (Å²) in [5.74, 6) is -0.134. The molecule has 1 aliphatic rings. The van der Waals surface area contributed by atoms with Crippen LogP contribution in [0.1, 0.15) is 36.0 Å². The number of Topliss-reactive ketones (excluding diaryl/α,β-unsaturated/α-hetero) is 2. The predicted molar refractivity (Wildman–Crippen MR) is 67.8 cm³/mol. The Balaban J connectivity index is 2.24. The molecule has 1 aliphatic carbocycles. The molecule has 2 nitrogen and oxygen atoms in total. The molecule has 0 amide bonds. The van der Waals surface area contributed by atoms with Crippen molar-refractivity contribution in [2.24, 2.45) is 5.92 Å². The summed E-state index contributed by atoms with van der Waals surface area (Å²) in [7, 11) is 0. The summed E-state index contributed by atoms with van der Waals surface area (Å²) in [6.07, 6.45) is 2.47. The van der Waals surface area contributed by atoms with Crippen molar-refractivity contribution < 1.29 is 9.59 Å². The van der Waals surface area contributed by atoms with Crippen molar-refractivity contribution in [3.8, 4) is 0 Å². The van der Waals surface area contributed by atoms with Crippen LogP contribution in [0.5, 0.6) is 0 Å². The van der Waals surface area contributed by atoms with E-state index in [-0.39, 0.29) is 22.5 Å². The van der Waals surface area contributed by atoms with E-state index < -0.39 is 0 Å². The first kappa shape index (κ1) is 12.6. The second kappa shape index (κ2) is 5.19. The third-order valence-electron chi connectivity index (χ3n) is 3.07. The fraction of sp³-hybridized carbons (Fsp3) is 0.385. The molecule has 1 fully saturated rings. The third kappa shape index (κ3) is 2.70. The lowest BCUT2D eigenvalue weighted by Gasteiger charge is -2.20. The van der Waals surface area contributed by atoms with Crippen LogP contribution in [0.15, 0.2) is 18.2 Å². The molecule has 1 aromatic carbocycles. The second-order valence-electron chi connectivity index (χ2n) is 4.30. The van der Waals surface area contributed by atoms with E-state index in [0.29, 0.717) is 23.4 Å². The van der Waals surface area contributed by atoms with Gasteiger partial charge in [-0.15, -0.1) is 0 Å². The van der Waals surface area contributed by atoms with Crippen LogP contribution in [0.2, 0.25) is 10.0 Å². The van der Waals surface area contributed by atoms with Gasteiger partial charge in [-0.3, -0.25) is 9.59 Å². The molecule has 1 atom stereocenters. The Labute approximate surface area is 110 Å². The van der Waals surface area contributed by atoms with Gasteiger partial charge in [0.25, 0.3) is 0 Å². The predicted octanol–water partition coefficient (Wildman–Crippen LogP) is 3.94. The molecule has 1 saturated carbocycles. The van der Waals surface area contributed by atoms with E-state index in [4.69, 9.17) is 23.2 Å². The zero-order valence-corrected chi connectivity index (χ0v) is 10.7. The highest BCUT2D eigenvalue weighted by Gasteiger charge is 2.27. The van der Waals surface area contributed by atoms with E-state index in [1.54, 1.807) is 18.2 Å². The first-order valence-corrected chi connectivity index (χ1v) is 6.35. The average Bonchev–Trinajstić information content (AvgIpc) is 2.32. The maximum atomic E-state index is 12.2. The molecule has 90 valence electrons. The van der Waals surface area contributed by atoms with Gasteiger partial charge < -0.3 is 0 Å². The topological polar surface area (TPSA) is 34.1 Å². The zero-order valence-electron chi connectivity index (χ0n) is 9.21. The Bertz CT molecular complexity index is 468. The highest BCUT2D eigenvalue weighted by molar-refractivity contribution is 6.44. The largest absolute Gasteiger partial charge is 0.300 e. The van der Waals surface area contributed by atoms with Gasteiger partial charge in [-0.2, -0.15) is 0 Å². The van der Waals surface area contributed by atoms with Gasteiger partial charge in [-0.1, -0.05) is 29.3 Å². The van der Waals surface area contributed by atoms with Crippen molar-refractivity contribution in [2.45, 2.75) is 25.7 Å². The molecule has 1 aromatic rings. The molecule has 0 radical (unpaired) electrons. The van der Waals surface area contributed by atoms with Gasteiger partial charge in [0.1, 0.15) is 5.78 Å². The molecule has 0 spiro atoms. The first-order chi connectivity index (χ1) is 8.09. The van der Waals surface area contributed by atoms with Crippen LogP contribution in [0, 0.1) is 5.92 Å². The molecule has 0 aliphatic heterocycles. The molecule has 0 saturated heterocycles. The highest BCUT2D eigenvalue weighted by Crippen LogP contribution is 2.31. The number of rotatable bonds is 2. The minimum Gasteiger partial charge on any atom is -0.300 e. The molecule has 4 heteroatoms. The summed E-state index contributed by atoms with van der Waals surface area (Å²) in [6, 6.07) is 5.01. The summed E-state index contributed by atoms with van der Waals surface area (Å²) in [4.78, 5) is 23.6. The van der Waals surface area contributed by atoms with Crippen LogP contribution < -0.4 is 0 Å². The number of ketones is 2. The molecule has 1 unspecified atom stereocenters. The minimum absolute atomic E-state index is 0.0643. The number of hydrogen-bond donors (Lipinski definition) is 0. The maximum absolute atomic E-state index is 12.2. The Kier molecular flexibility index (Phi) is 3.85. The van der Waals surface area contributed by atoms with Crippen molar-refractivity contribution in [2.75, 3.05) is 0 Å². The molecule has 2 rings (SSSR count). The lowest BCUT2D eigenvalue weighted by atomic mass is 9.83. The van der Waals surface area contributed by atoms with Crippen LogP contribution in [0.25, 0.3) is 0 Å². The first-order valence-electron chi connectivity index (χ1n) is 5.59. The smallest absolute Gasteiger partial charge is 0.167 e. The Morgan fingerprint density at radius 2 is 2.06 bits per heavy atom. The Morgan fingerprint density at radius 1 is 1.29 bits per heavy atom. The van der Waals surface area contributed by atoms with Crippen LogP contribution in [-0.4, -0.2) is 11.6 Å². The quantitative estimate of drug-likeness (QED) is 0.763. The van der Waals surface area contributed by atoms with Gasteiger partial charge in [-0.05, 0) is 25.0 Å². The van der Waals surface area contributed by atoms with Gasteiger partial charge in [-0.25, -0.2) is 0 Å². The summed E-state index contributed by atoms with van der Waals surface area (Å²) >= 11 is 11.9. The lowest BCUT2D eigenvalue weighted by molar-refractivity contribution is -0.121. The number of hydrogen-bond acceptors (Lipinski definition) is 2. The van der Waals surface area contributed by atoms with Crippen molar-refractivity contribution in [1.29, 1.82) is 0 Å². The standard InChI is InChI=1S/C13H12Cl2O2/c14-11-6-2-5-10(12(11)15)13(17)8-3-1-4-9(16)7-8/h2,5-6,8H,1,3-4,7H2. The highest BCUT2D eigenvalue weighted by atomic mass is 35.5. The zero-order chi connectivity index (χ0) is 12.4. The number of carbonyl (C=O) groups excluding carboxylic acids is 2. The summed E-state index contributed by atoms with van der Waals surface area (Å²) in [6.45, 7) is 0. The van der Waals surface area contributed by atoms with Gasteiger partial charge in [0.2, 0.25) is 0 Å². The van der Waals surface area contributed by atoms with E-state index in [0.717, 1.165) is 12.8 Å². The van der Waals surface area contributed by atoms with E-state index in [9.17, 15) is 9.59 Å². The van der Waals surface area contributed by atoms with E-state index in [2.05, 4.69) is 0 Å². The van der Waals surface area contributed by atoms with E-state index >= 15 is 0 Å². The van der Waals surface area contributed by atoms with Crippen LogP contribution in [0.4, 0.5) is 0 Å². The third-order valence-corrected chi connectivity index (χ3v) is 3.89. The molecule has 0 bridgehead atoms. The van der Waals surface area contributed by atoms with Gasteiger partial charge in [0, 0.05) is 24.3 Å². The van der Waals surface area contributed by atoms with Crippen LogP contribution in [0.3, 0.4) is 0 Å². The second-order valence-corrected chi connectivity index (χ2v) is 5.08. The van der Waals surface area contributed by atoms with E-state index in [1.807, 2.05) is 0 Å². The molecular weight excluding hydrogens is 259 g/mol. The van der Waals surface area contributed by atoms with Crippen molar-refractivity contribution >= 4 is 34.8 Å². The summed E-state index contributed by atoms with van der Waals surface area (Å²) in [5, 5.41) is 0.664. The van der Waals surface area contributed by atoms with Crippen molar-refractivity contribution in [3.63, 3.8) is 0 Å². The fourth-order valence-electron chi connectivity index (χ4n) is 2.16. The van der Waals surface area contributed by atoms with Crippen LogP contribution in [-0.2, 0) is 4.79 Å². The maximum Gasteiger partial charge on any atom is 0.167 e. The molecule has 0 N–H and O–H groups in total. The average molecular weight is 271 g/mol. The van der Waals surface area contributed by atoms with E-state index in [1.165, 1.54) is 0 Å². The van der Waals surface area contributed by atoms with Gasteiger partial charge in [0.15, 0.2) is 5.78 Å².